The third-order valence-corrected chi connectivity index (χ3v) is 8.49. The van der Waals surface area contributed by atoms with Gasteiger partial charge in [0.2, 0.25) is 10.0 Å². The highest BCUT2D eigenvalue weighted by molar-refractivity contribution is 7.89. The zero-order valence-corrected chi connectivity index (χ0v) is 19.0. The quantitative estimate of drug-likeness (QED) is 0.589. The predicted molar refractivity (Wildman–Crippen MR) is 125 cm³/mol. The fraction of sp³-hybridized carbons (Fsp3) is 0.308. The molecule has 32 heavy (non-hydrogen) atoms. The highest BCUT2D eigenvalue weighted by Crippen LogP contribution is 2.40. The van der Waals surface area contributed by atoms with E-state index in [9.17, 15) is 8.42 Å². The fourth-order valence-electron chi connectivity index (χ4n) is 5.12. The largest absolute Gasteiger partial charge is 0.497 e. The number of nitrogens with zero attached hydrogens (tertiary/aromatic N) is 2. The van der Waals surface area contributed by atoms with Gasteiger partial charge in [0.05, 0.1) is 12.0 Å². The molecule has 3 aromatic carbocycles. The van der Waals surface area contributed by atoms with Gasteiger partial charge in [0, 0.05) is 44.7 Å². The molecular weight excluding hydrogens is 420 g/mol. The van der Waals surface area contributed by atoms with Gasteiger partial charge in [-0.15, -0.1) is 0 Å². The maximum atomic E-state index is 13.6. The van der Waals surface area contributed by atoms with Gasteiger partial charge in [-0.2, -0.15) is 4.31 Å². The topological polar surface area (TPSA) is 49.9 Å². The molecule has 1 saturated heterocycles. The van der Waals surface area contributed by atoms with Crippen molar-refractivity contribution in [2.24, 2.45) is 5.92 Å². The molecule has 1 fully saturated rings. The van der Waals surface area contributed by atoms with E-state index in [2.05, 4.69) is 47.4 Å². The summed E-state index contributed by atoms with van der Waals surface area (Å²) in [5.74, 6) is 1.14. The lowest BCUT2D eigenvalue weighted by molar-refractivity contribution is 0.293. The molecule has 2 aliphatic heterocycles. The number of ether oxygens (including phenoxy) is 1. The van der Waals surface area contributed by atoms with E-state index >= 15 is 0 Å². The summed E-state index contributed by atoms with van der Waals surface area (Å²) < 4.78 is 34.2. The zero-order valence-electron chi connectivity index (χ0n) is 18.2. The summed E-state index contributed by atoms with van der Waals surface area (Å²) in [6, 6.07) is 25.6. The van der Waals surface area contributed by atoms with Crippen LogP contribution in [0.4, 0.5) is 0 Å². The van der Waals surface area contributed by atoms with E-state index in [1.807, 2.05) is 12.1 Å². The summed E-state index contributed by atoms with van der Waals surface area (Å²) in [6.07, 6.45) is 0. The first-order valence-electron chi connectivity index (χ1n) is 11.0. The van der Waals surface area contributed by atoms with Crippen LogP contribution in [0.1, 0.15) is 22.6 Å². The van der Waals surface area contributed by atoms with E-state index in [-0.39, 0.29) is 10.8 Å². The summed E-state index contributed by atoms with van der Waals surface area (Å²) >= 11 is 0. The van der Waals surface area contributed by atoms with E-state index in [0.717, 1.165) is 25.2 Å². The molecule has 2 heterocycles. The first kappa shape index (κ1) is 21.2. The van der Waals surface area contributed by atoms with Gasteiger partial charge in [0.1, 0.15) is 5.75 Å². The van der Waals surface area contributed by atoms with Crippen molar-refractivity contribution in [3.63, 3.8) is 0 Å². The molecule has 5 nitrogen and oxygen atoms in total. The third-order valence-electron chi connectivity index (χ3n) is 6.68. The molecule has 2 atom stereocenters. The van der Waals surface area contributed by atoms with Crippen molar-refractivity contribution >= 4 is 10.0 Å². The van der Waals surface area contributed by atoms with Crippen LogP contribution in [0.3, 0.4) is 0 Å². The van der Waals surface area contributed by atoms with Crippen LogP contribution in [0.2, 0.25) is 0 Å². The Balaban J connectivity index is 1.46. The Hall–Kier alpha value is -2.67. The first-order chi connectivity index (χ1) is 15.5. The van der Waals surface area contributed by atoms with Crippen molar-refractivity contribution in [1.29, 1.82) is 0 Å². The molecule has 0 saturated carbocycles. The number of likely N-dealkylation sites (tertiary alicyclic amines) is 1. The van der Waals surface area contributed by atoms with Crippen LogP contribution in [-0.4, -0.2) is 44.4 Å². The second-order valence-electron chi connectivity index (χ2n) is 8.72. The van der Waals surface area contributed by atoms with Crippen LogP contribution >= 0.6 is 0 Å². The smallest absolute Gasteiger partial charge is 0.243 e. The van der Waals surface area contributed by atoms with Gasteiger partial charge in [0.25, 0.3) is 0 Å². The van der Waals surface area contributed by atoms with Gasteiger partial charge in [-0.1, -0.05) is 60.7 Å². The molecule has 0 aromatic heterocycles. The summed E-state index contributed by atoms with van der Waals surface area (Å²) in [5, 5.41) is 0. The van der Waals surface area contributed by atoms with Crippen LogP contribution in [0.5, 0.6) is 5.75 Å². The Kier molecular flexibility index (Phi) is 5.76. The van der Waals surface area contributed by atoms with Gasteiger partial charge < -0.3 is 4.74 Å². The molecule has 5 rings (SSSR count). The average Bonchev–Trinajstić information content (AvgIpc) is 3.14. The maximum Gasteiger partial charge on any atom is 0.243 e. The van der Waals surface area contributed by atoms with Crippen molar-refractivity contribution in [1.82, 2.24) is 9.21 Å². The van der Waals surface area contributed by atoms with Crippen LogP contribution in [-0.2, 0) is 23.1 Å². The standard InChI is InChI=1S/C26H28N2O3S/c1-31-23-11-7-12-24(14-23)32(29,30)28-17-21-10-5-6-13-25(21)26-19-27(16-22(26)18-28)15-20-8-3-2-4-9-20/h2-14,22,26H,15-19H2,1H3/t22-,26+/m0/s1. The lowest BCUT2D eigenvalue weighted by Crippen LogP contribution is -2.35. The van der Waals surface area contributed by atoms with Gasteiger partial charge in [-0.05, 0) is 34.7 Å². The minimum absolute atomic E-state index is 0.253. The molecule has 166 valence electrons. The van der Waals surface area contributed by atoms with E-state index in [1.165, 1.54) is 11.1 Å². The Morgan fingerprint density at radius 3 is 2.50 bits per heavy atom. The SMILES string of the molecule is COc1cccc(S(=O)(=O)N2Cc3ccccc3[C@@H]3CN(Cc4ccccc4)C[C@H]3C2)c1. The number of hydrogen-bond donors (Lipinski definition) is 0. The van der Waals surface area contributed by atoms with Gasteiger partial charge >= 0.3 is 0 Å². The molecule has 0 amide bonds. The summed E-state index contributed by atoms with van der Waals surface area (Å²) in [4.78, 5) is 2.75. The van der Waals surface area contributed by atoms with Crippen molar-refractivity contribution in [3.05, 3.63) is 95.6 Å². The number of benzene rings is 3. The van der Waals surface area contributed by atoms with Gasteiger partial charge in [-0.25, -0.2) is 8.42 Å². The van der Waals surface area contributed by atoms with Gasteiger partial charge in [-0.3, -0.25) is 4.90 Å². The lowest BCUT2D eigenvalue weighted by atomic mass is 9.87. The third kappa shape index (κ3) is 4.06. The van der Waals surface area contributed by atoms with Gasteiger partial charge in [0.15, 0.2) is 0 Å². The van der Waals surface area contributed by atoms with E-state index in [1.54, 1.807) is 35.7 Å². The van der Waals surface area contributed by atoms with Crippen molar-refractivity contribution in [2.75, 3.05) is 26.7 Å². The zero-order chi connectivity index (χ0) is 22.1. The molecular formula is C26H28N2O3S. The second-order valence-corrected chi connectivity index (χ2v) is 10.7. The van der Waals surface area contributed by atoms with E-state index in [0.29, 0.717) is 24.8 Å². The molecule has 0 aliphatic carbocycles. The number of fused-ring (bicyclic) bond motifs is 3. The average molecular weight is 449 g/mol. The molecule has 0 unspecified atom stereocenters. The summed E-state index contributed by atoms with van der Waals surface area (Å²) in [5.41, 5.74) is 3.68. The molecule has 0 spiro atoms. The minimum atomic E-state index is -3.64. The molecule has 3 aromatic rings. The molecule has 0 radical (unpaired) electrons. The lowest BCUT2D eigenvalue weighted by Gasteiger charge is -2.24. The number of sulfonamides is 1. The summed E-state index contributed by atoms with van der Waals surface area (Å²) in [7, 11) is -2.09. The second kappa shape index (κ2) is 8.70. The Bertz CT molecular complexity index is 1200. The number of hydrogen-bond acceptors (Lipinski definition) is 4. The first-order valence-corrected chi connectivity index (χ1v) is 12.5. The fourth-order valence-corrected chi connectivity index (χ4v) is 6.63. The molecule has 0 bridgehead atoms. The summed E-state index contributed by atoms with van der Waals surface area (Å²) in [6.45, 7) is 3.64. The van der Waals surface area contributed by atoms with Crippen molar-refractivity contribution in [3.8, 4) is 5.75 Å². The monoisotopic (exact) mass is 448 g/mol. The number of rotatable bonds is 5. The van der Waals surface area contributed by atoms with E-state index in [4.69, 9.17) is 4.74 Å². The Labute approximate surface area is 190 Å². The van der Waals surface area contributed by atoms with Crippen LogP contribution < -0.4 is 4.74 Å². The number of methoxy groups -OCH3 is 1. The Morgan fingerprint density at radius 1 is 0.906 bits per heavy atom. The highest BCUT2D eigenvalue weighted by atomic mass is 32.2. The van der Waals surface area contributed by atoms with Crippen LogP contribution in [0.25, 0.3) is 0 Å². The molecule has 6 heteroatoms. The minimum Gasteiger partial charge on any atom is -0.497 e. The predicted octanol–water partition coefficient (Wildman–Crippen LogP) is 4.12. The molecule has 0 N–H and O–H groups in total. The van der Waals surface area contributed by atoms with Crippen LogP contribution in [0.15, 0.2) is 83.8 Å². The van der Waals surface area contributed by atoms with Crippen molar-refractivity contribution in [2.45, 2.75) is 23.9 Å². The molecule has 2 aliphatic rings. The van der Waals surface area contributed by atoms with Crippen LogP contribution in [0, 0.1) is 5.92 Å². The van der Waals surface area contributed by atoms with Crippen molar-refractivity contribution < 1.29 is 13.2 Å². The highest BCUT2D eigenvalue weighted by Gasteiger charge is 2.41. The Morgan fingerprint density at radius 2 is 1.69 bits per heavy atom. The normalized spacial score (nSPS) is 21.5. The van der Waals surface area contributed by atoms with E-state index < -0.39 is 10.0 Å². The maximum absolute atomic E-state index is 13.6.